The molecule has 0 aromatic rings. The van der Waals surface area contributed by atoms with E-state index in [1.807, 2.05) is 6.92 Å². The number of carboxylic acid groups (broad SMARTS) is 1. The number of carboxylic acids is 1. The van der Waals surface area contributed by atoms with E-state index in [0.29, 0.717) is 26.2 Å². The third kappa shape index (κ3) is 4.97. The highest BCUT2D eigenvalue weighted by molar-refractivity contribution is 5.76. The number of carbonyl (C=O) groups is 2. The fourth-order valence-electron chi connectivity index (χ4n) is 2.50. The molecule has 2 amide bonds. The molecular weight excluding hydrogens is 264 g/mol. The number of ether oxygens (including phenoxy) is 2. The van der Waals surface area contributed by atoms with Crippen molar-refractivity contribution in [2.24, 2.45) is 11.8 Å². The van der Waals surface area contributed by atoms with E-state index in [1.165, 1.54) is 0 Å². The van der Waals surface area contributed by atoms with E-state index in [1.54, 1.807) is 19.1 Å². The molecule has 7 nitrogen and oxygen atoms in total. The maximum Gasteiger partial charge on any atom is 0.317 e. The molecule has 1 saturated heterocycles. The zero-order chi connectivity index (χ0) is 15.1. The van der Waals surface area contributed by atoms with Gasteiger partial charge in [-0.25, -0.2) is 4.79 Å². The topological polar surface area (TPSA) is 88.1 Å². The van der Waals surface area contributed by atoms with E-state index in [-0.39, 0.29) is 24.5 Å². The maximum atomic E-state index is 12.2. The van der Waals surface area contributed by atoms with Crippen LogP contribution in [0.2, 0.25) is 0 Å². The summed E-state index contributed by atoms with van der Waals surface area (Å²) in [4.78, 5) is 24.8. The maximum absolute atomic E-state index is 12.2. The van der Waals surface area contributed by atoms with Crippen molar-refractivity contribution in [3.8, 4) is 0 Å². The van der Waals surface area contributed by atoms with Crippen molar-refractivity contribution in [3.63, 3.8) is 0 Å². The van der Waals surface area contributed by atoms with Gasteiger partial charge in [-0.2, -0.15) is 0 Å². The van der Waals surface area contributed by atoms with Crippen molar-refractivity contribution in [3.05, 3.63) is 0 Å². The van der Waals surface area contributed by atoms with Crippen LogP contribution in [0.1, 0.15) is 13.3 Å². The predicted molar refractivity (Wildman–Crippen MR) is 72.6 cm³/mol. The lowest BCUT2D eigenvalue weighted by Gasteiger charge is -2.35. The Kier molecular flexibility index (Phi) is 6.74. The second-order valence-electron chi connectivity index (χ2n) is 5.34. The Morgan fingerprint density at radius 2 is 1.90 bits per heavy atom. The molecule has 0 saturated carbocycles. The number of piperidine rings is 1. The van der Waals surface area contributed by atoms with Crippen LogP contribution in [0, 0.1) is 11.8 Å². The van der Waals surface area contributed by atoms with Gasteiger partial charge in [-0.3, -0.25) is 4.79 Å². The molecule has 0 radical (unpaired) electrons. The van der Waals surface area contributed by atoms with Crippen molar-refractivity contribution in [1.82, 2.24) is 10.2 Å². The number of methoxy groups -OCH3 is 2. The molecule has 20 heavy (non-hydrogen) atoms. The second-order valence-corrected chi connectivity index (χ2v) is 5.34. The lowest BCUT2D eigenvalue weighted by Crippen LogP contribution is -2.53. The van der Waals surface area contributed by atoms with Gasteiger partial charge in [0.2, 0.25) is 0 Å². The minimum absolute atomic E-state index is 0.180. The van der Waals surface area contributed by atoms with Gasteiger partial charge in [0, 0.05) is 27.3 Å². The first-order valence-electron chi connectivity index (χ1n) is 6.74. The van der Waals surface area contributed by atoms with Crippen LogP contribution >= 0.6 is 0 Å². The van der Waals surface area contributed by atoms with Crippen LogP contribution in [0.4, 0.5) is 4.79 Å². The van der Waals surface area contributed by atoms with Gasteiger partial charge in [-0.15, -0.1) is 0 Å². The first-order valence-corrected chi connectivity index (χ1v) is 6.74. The van der Waals surface area contributed by atoms with Crippen molar-refractivity contribution in [2.45, 2.75) is 19.4 Å². The summed E-state index contributed by atoms with van der Waals surface area (Å²) in [6.07, 6.45) is 0.610. The Labute approximate surface area is 119 Å². The summed E-state index contributed by atoms with van der Waals surface area (Å²) in [5.41, 5.74) is 0. The number of urea groups is 1. The third-order valence-electron chi connectivity index (χ3n) is 3.36. The Morgan fingerprint density at radius 3 is 2.40 bits per heavy atom. The molecule has 1 rings (SSSR count). The number of aliphatic carboxylic acids is 1. The molecule has 0 aromatic heterocycles. The molecule has 7 heteroatoms. The molecule has 2 atom stereocenters. The SMILES string of the molecule is COCC(COC)NC(=O)N1CC(C)CC(C(=O)O)C1. The average Bonchev–Trinajstić information content (AvgIpc) is 2.38. The van der Waals surface area contributed by atoms with Gasteiger partial charge in [-0.1, -0.05) is 6.92 Å². The number of nitrogens with zero attached hydrogens (tertiary/aromatic N) is 1. The average molecular weight is 288 g/mol. The van der Waals surface area contributed by atoms with Crippen LogP contribution in [0.15, 0.2) is 0 Å². The second kappa shape index (κ2) is 8.06. The molecule has 1 heterocycles. The van der Waals surface area contributed by atoms with Gasteiger partial charge < -0.3 is 24.8 Å². The molecular formula is C13H24N2O5. The standard InChI is InChI=1S/C13H24N2O5/c1-9-4-10(12(16)17)6-15(5-9)13(18)14-11(7-19-2)8-20-3/h9-11H,4-8H2,1-3H3,(H,14,18)(H,16,17). The molecule has 0 bridgehead atoms. The molecule has 0 aromatic carbocycles. The highest BCUT2D eigenvalue weighted by atomic mass is 16.5. The monoisotopic (exact) mass is 288 g/mol. The van der Waals surface area contributed by atoms with Gasteiger partial charge in [0.15, 0.2) is 0 Å². The van der Waals surface area contributed by atoms with Crippen LogP contribution in [0.5, 0.6) is 0 Å². The Bertz CT molecular complexity index is 331. The largest absolute Gasteiger partial charge is 0.481 e. The van der Waals surface area contributed by atoms with Crippen LogP contribution in [-0.2, 0) is 14.3 Å². The quantitative estimate of drug-likeness (QED) is 0.738. The lowest BCUT2D eigenvalue weighted by atomic mass is 9.91. The first-order chi connectivity index (χ1) is 9.47. The van der Waals surface area contributed by atoms with Gasteiger partial charge in [0.05, 0.1) is 25.2 Å². The zero-order valence-electron chi connectivity index (χ0n) is 12.3. The number of rotatable bonds is 6. The van der Waals surface area contributed by atoms with E-state index in [0.717, 1.165) is 0 Å². The molecule has 1 aliphatic rings. The number of hydrogen-bond acceptors (Lipinski definition) is 4. The third-order valence-corrected chi connectivity index (χ3v) is 3.36. The van der Waals surface area contributed by atoms with Crippen molar-refractivity contribution >= 4 is 12.0 Å². The molecule has 2 unspecified atom stereocenters. The van der Waals surface area contributed by atoms with Crippen LogP contribution < -0.4 is 5.32 Å². The molecule has 0 aliphatic carbocycles. The molecule has 1 fully saturated rings. The van der Waals surface area contributed by atoms with E-state index in [9.17, 15) is 9.59 Å². The first kappa shape index (κ1) is 16.7. The zero-order valence-corrected chi connectivity index (χ0v) is 12.3. The summed E-state index contributed by atoms with van der Waals surface area (Å²) in [6.45, 7) is 3.48. The van der Waals surface area contributed by atoms with E-state index >= 15 is 0 Å². The fraction of sp³-hybridized carbons (Fsp3) is 0.846. The summed E-state index contributed by atoms with van der Waals surface area (Å²) in [5, 5.41) is 11.9. The minimum atomic E-state index is -0.848. The molecule has 116 valence electrons. The highest BCUT2D eigenvalue weighted by Crippen LogP contribution is 2.21. The number of carbonyl (C=O) groups excluding carboxylic acids is 1. The summed E-state index contributed by atoms with van der Waals surface area (Å²) in [6, 6.07) is -0.500. The highest BCUT2D eigenvalue weighted by Gasteiger charge is 2.32. The van der Waals surface area contributed by atoms with Crippen LogP contribution in [0.3, 0.4) is 0 Å². The smallest absolute Gasteiger partial charge is 0.317 e. The summed E-state index contributed by atoms with van der Waals surface area (Å²) >= 11 is 0. The molecule has 0 spiro atoms. The molecule has 1 aliphatic heterocycles. The number of amides is 2. The van der Waals surface area contributed by atoms with Crippen molar-refractivity contribution in [2.75, 3.05) is 40.5 Å². The number of likely N-dealkylation sites (tertiary alicyclic amines) is 1. The summed E-state index contributed by atoms with van der Waals surface area (Å²) in [5.74, 6) is -1.16. The Balaban J connectivity index is 2.58. The molecule has 2 N–H and O–H groups in total. The fourth-order valence-corrected chi connectivity index (χ4v) is 2.50. The number of nitrogens with one attached hydrogen (secondary N) is 1. The van der Waals surface area contributed by atoms with Crippen molar-refractivity contribution in [1.29, 1.82) is 0 Å². The Morgan fingerprint density at radius 1 is 1.30 bits per heavy atom. The minimum Gasteiger partial charge on any atom is -0.481 e. The van der Waals surface area contributed by atoms with Gasteiger partial charge in [-0.05, 0) is 12.3 Å². The predicted octanol–water partition coefficient (Wildman–Crippen LogP) is 0.400. The number of hydrogen-bond donors (Lipinski definition) is 2. The Hall–Kier alpha value is -1.34. The van der Waals surface area contributed by atoms with Crippen LogP contribution in [0.25, 0.3) is 0 Å². The lowest BCUT2D eigenvalue weighted by molar-refractivity contribution is -0.143. The summed E-state index contributed by atoms with van der Waals surface area (Å²) < 4.78 is 10.0. The van der Waals surface area contributed by atoms with E-state index in [4.69, 9.17) is 14.6 Å². The van der Waals surface area contributed by atoms with Gasteiger partial charge in [0.1, 0.15) is 0 Å². The van der Waals surface area contributed by atoms with E-state index in [2.05, 4.69) is 5.32 Å². The normalized spacial score (nSPS) is 22.9. The van der Waals surface area contributed by atoms with Crippen molar-refractivity contribution < 1.29 is 24.2 Å². The van der Waals surface area contributed by atoms with Gasteiger partial charge in [0.25, 0.3) is 0 Å². The summed E-state index contributed by atoms with van der Waals surface area (Å²) in [7, 11) is 3.11. The van der Waals surface area contributed by atoms with Crippen LogP contribution in [-0.4, -0.2) is 68.6 Å². The van der Waals surface area contributed by atoms with E-state index < -0.39 is 11.9 Å². The van der Waals surface area contributed by atoms with Gasteiger partial charge >= 0.3 is 12.0 Å².